The monoisotopic (exact) mass is 287 g/mol. The summed E-state index contributed by atoms with van der Waals surface area (Å²) in [6, 6.07) is 6.90. The molecule has 0 unspecified atom stereocenters. The van der Waals surface area contributed by atoms with E-state index in [0.29, 0.717) is 28.6 Å². The molecule has 0 saturated carbocycles. The molecule has 0 aliphatic carbocycles. The van der Waals surface area contributed by atoms with Crippen molar-refractivity contribution in [3.8, 4) is 11.5 Å². The number of carbonyl (C=O) groups excluding carboxylic acids is 1. The van der Waals surface area contributed by atoms with E-state index < -0.39 is 5.63 Å². The molecule has 2 heterocycles. The zero-order chi connectivity index (χ0) is 15.0. The van der Waals surface area contributed by atoms with Gasteiger partial charge in [0.05, 0.1) is 5.69 Å². The third kappa shape index (κ3) is 2.47. The Bertz CT molecular complexity index is 778. The van der Waals surface area contributed by atoms with Crippen LogP contribution in [0, 0.1) is 6.92 Å². The van der Waals surface area contributed by atoms with Crippen molar-refractivity contribution in [2.45, 2.75) is 13.8 Å². The first kappa shape index (κ1) is 13.2. The summed E-state index contributed by atoms with van der Waals surface area (Å²) < 4.78 is 15.5. The molecule has 108 valence electrons. The van der Waals surface area contributed by atoms with Gasteiger partial charge in [-0.25, -0.2) is 4.79 Å². The van der Waals surface area contributed by atoms with Crippen LogP contribution in [-0.2, 0) is 0 Å². The molecule has 0 saturated heterocycles. The van der Waals surface area contributed by atoms with Gasteiger partial charge in [-0.1, -0.05) is 0 Å². The van der Waals surface area contributed by atoms with Gasteiger partial charge in [-0.2, -0.15) is 0 Å². The number of nitrogens with one attached hydrogen (secondary N) is 1. The van der Waals surface area contributed by atoms with Crippen molar-refractivity contribution in [1.82, 2.24) is 0 Å². The van der Waals surface area contributed by atoms with Crippen LogP contribution in [0.5, 0.6) is 11.5 Å². The minimum Gasteiger partial charge on any atom is -0.454 e. The largest absolute Gasteiger partial charge is 0.454 e. The van der Waals surface area contributed by atoms with E-state index in [0.717, 1.165) is 0 Å². The standard InChI is InChI=1S/C15H13NO5/c1-8-5-11(14(9(2)17)15(18)21-8)16-10-3-4-12-13(6-10)20-7-19-12/h3-6,16H,7H2,1-2H3. The summed E-state index contributed by atoms with van der Waals surface area (Å²) in [5.41, 5.74) is 0.450. The van der Waals surface area contributed by atoms with Gasteiger partial charge >= 0.3 is 5.63 Å². The van der Waals surface area contributed by atoms with Crippen LogP contribution in [0.15, 0.2) is 33.5 Å². The van der Waals surface area contributed by atoms with Crippen molar-refractivity contribution >= 4 is 17.2 Å². The molecule has 6 nitrogen and oxygen atoms in total. The van der Waals surface area contributed by atoms with E-state index >= 15 is 0 Å². The third-order valence-corrected chi connectivity index (χ3v) is 3.08. The predicted octanol–water partition coefficient (Wildman–Crippen LogP) is 2.62. The minimum absolute atomic E-state index is 0.00160. The van der Waals surface area contributed by atoms with E-state index in [1.807, 2.05) is 0 Å². The second-order valence-corrected chi connectivity index (χ2v) is 4.68. The van der Waals surface area contributed by atoms with Crippen molar-refractivity contribution in [2.75, 3.05) is 12.1 Å². The molecule has 3 rings (SSSR count). The lowest BCUT2D eigenvalue weighted by molar-refractivity contribution is 0.101. The molecule has 6 heteroatoms. The van der Waals surface area contributed by atoms with Crippen LogP contribution in [0.25, 0.3) is 0 Å². The Hall–Kier alpha value is -2.76. The minimum atomic E-state index is -0.647. The van der Waals surface area contributed by atoms with Crippen LogP contribution in [0.1, 0.15) is 23.0 Å². The van der Waals surface area contributed by atoms with E-state index in [2.05, 4.69) is 5.32 Å². The van der Waals surface area contributed by atoms with E-state index in [9.17, 15) is 9.59 Å². The van der Waals surface area contributed by atoms with E-state index in [1.165, 1.54) is 6.92 Å². The highest BCUT2D eigenvalue weighted by molar-refractivity contribution is 5.99. The number of rotatable bonds is 3. The maximum absolute atomic E-state index is 11.8. The Morgan fingerprint density at radius 2 is 1.95 bits per heavy atom. The maximum Gasteiger partial charge on any atom is 0.348 e. The molecule has 0 fully saturated rings. The van der Waals surface area contributed by atoms with E-state index in [4.69, 9.17) is 13.9 Å². The molecule has 1 aromatic heterocycles. The van der Waals surface area contributed by atoms with Gasteiger partial charge in [0.25, 0.3) is 0 Å². The molecule has 1 aliphatic rings. The number of hydrogen-bond acceptors (Lipinski definition) is 6. The summed E-state index contributed by atoms with van der Waals surface area (Å²) in [5, 5.41) is 3.05. The quantitative estimate of drug-likeness (QED) is 0.874. The highest BCUT2D eigenvalue weighted by Gasteiger charge is 2.17. The average molecular weight is 287 g/mol. The molecule has 0 radical (unpaired) electrons. The van der Waals surface area contributed by atoms with E-state index in [1.54, 1.807) is 31.2 Å². The summed E-state index contributed by atoms with van der Waals surface area (Å²) in [6.45, 7) is 3.16. The summed E-state index contributed by atoms with van der Waals surface area (Å²) >= 11 is 0. The first-order chi connectivity index (χ1) is 10.0. The third-order valence-electron chi connectivity index (χ3n) is 3.08. The van der Waals surface area contributed by atoms with E-state index in [-0.39, 0.29) is 18.1 Å². The van der Waals surface area contributed by atoms with Gasteiger partial charge < -0.3 is 19.2 Å². The van der Waals surface area contributed by atoms with Crippen molar-refractivity contribution in [2.24, 2.45) is 0 Å². The summed E-state index contributed by atoms with van der Waals surface area (Å²) in [6.07, 6.45) is 0. The second kappa shape index (κ2) is 4.97. The number of Topliss-reactive ketones (excluding diaryl/α,β-unsaturated/α-hetero) is 1. The van der Waals surface area contributed by atoms with Crippen molar-refractivity contribution in [3.05, 3.63) is 46.0 Å². The lowest BCUT2D eigenvalue weighted by Crippen LogP contribution is -2.15. The first-order valence-corrected chi connectivity index (χ1v) is 6.37. The van der Waals surface area contributed by atoms with Crippen LogP contribution >= 0.6 is 0 Å². The van der Waals surface area contributed by atoms with Gasteiger partial charge in [0, 0.05) is 17.8 Å². The van der Waals surface area contributed by atoms with Crippen LogP contribution < -0.4 is 20.4 Å². The lowest BCUT2D eigenvalue weighted by atomic mass is 10.1. The number of benzene rings is 1. The fourth-order valence-corrected chi connectivity index (χ4v) is 2.17. The fraction of sp³-hybridized carbons (Fsp3) is 0.200. The Morgan fingerprint density at radius 1 is 1.19 bits per heavy atom. The number of aryl methyl sites for hydroxylation is 1. The molecule has 21 heavy (non-hydrogen) atoms. The zero-order valence-electron chi connectivity index (χ0n) is 11.6. The summed E-state index contributed by atoms with van der Waals surface area (Å²) in [7, 11) is 0. The number of carbonyl (C=O) groups is 1. The van der Waals surface area contributed by atoms with Gasteiger partial charge in [-0.15, -0.1) is 0 Å². The molecule has 1 aliphatic heterocycles. The zero-order valence-corrected chi connectivity index (χ0v) is 11.6. The summed E-state index contributed by atoms with van der Waals surface area (Å²) in [4.78, 5) is 23.4. The molecule has 2 aromatic rings. The SMILES string of the molecule is CC(=O)c1c(Nc2ccc3c(c2)OCO3)cc(C)oc1=O. The smallest absolute Gasteiger partial charge is 0.348 e. The molecule has 0 amide bonds. The van der Waals surface area contributed by atoms with Crippen LogP contribution in [-0.4, -0.2) is 12.6 Å². The maximum atomic E-state index is 11.8. The molecular formula is C15H13NO5. The van der Waals surface area contributed by atoms with Crippen LogP contribution in [0.2, 0.25) is 0 Å². The van der Waals surface area contributed by atoms with Crippen LogP contribution in [0.4, 0.5) is 11.4 Å². The summed E-state index contributed by atoms with van der Waals surface area (Å²) in [5.74, 6) is 1.35. The second-order valence-electron chi connectivity index (χ2n) is 4.68. The first-order valence-electron chi connectivity index (χ1n) is 6.37. The molecule has 0 bridgehead atoms. The Morgan fingerprint density at radius 3 is 2.71 bits per heavy atom. The molecule has 1 N–H and O–H groups in total. The number of ketones is 1. The van der Waals surface area contributed by atoms with Gasteiger partial charge in [0.2, 0.25) is 6.79 Å². The van der Waals surface area contributed by atoms with Crippen LogP contribution in [0.3, 0.4) is 0 Å². The molecule has 0 spiro atoms. The molecule has 0 atom stereocenters. The number of anilines is 2. The number of hydrogen-bond donors (Lipinski definition) is 1. The van der Waals surface area contributed by atoms with Gasteiger partial charge in [-0.05, 0) is 26.0 Å². The average Bonchev–Trinajstić information content (AvgIpc) is 2.84. The predicted molar refractivity (Wildman–Crippen MR) is 75.6 cm³/mol. The molecule has 1 aromatic carbocycles. The molecular weight excluding hydrogens is 274 g/mol. The van der Waals surface area contributed by atoms with Gasteiger partial charge in [0.15, 0.2) is 17.3 Å². The van der Waals surface area contributed by atoms with Crippen molar-refractivity contribution in [1.29, 1.82) is 0 Å². The normalized spacial score (nSPS) is 12.3. The van der Waals surface area contributed by atoms with Gasteiger partial charge in [0.1, 0.15) is 11.3 Å². The number of ether oxygens (including phenoxy) is 2. The fourth-order valence-electron chi connectivity index (χ4n) is 2.17. The lowest BCUT2D eigenvalue weighted by Gasteiger charge is -2.10. The van der Waals surface area contributed by atoms with Crippen molar-refractivity contribution < 1.29 is 18.7 Å². The highest BCUT2D eigenvalue weighted by atomic mass is 16.7. The topological polar surface area (TPSA) is 77.8 Å². The Labute approximate surface area is 120 Å². The highest BCUT2D eigenvalue weighted by Crippen LogP contribution is 2.35. The Balaban J connectivity index is 2.02. The number of fused-ring (bicyclic) bond motifs is 1. The van der Waals surface area contributed by atoms with Gasteiger partial charge in [-0.3, -0.25) is 4.79 Å². The van der Waals surface area contributed by atoms with Crippen molar-refractivity contribution in [3.63, 3.8) is 0 Å². The Kier molecular flexibility index (Phi) is 3.13.